The first-order valence-corrected chi connectivity index (χ1v) is 7.48. The Bertz CT molecular complexity index is 222. The van der Waals surface area contributed by atoms with Crippen molar-refractivity contribution >= 4 is 0 Å². The van der Waals surface area contributed by atoms with Crippen LogP contribution in [0.15, 0.2) is 0 Å². The highest BCUT2D eigenvalue weighted by atomic mass is 15.2. The lowest BCUT2D eigenvalue weighted by Gasteiger charge is -2.26. The van der Waals surface area contributed by atoms with E-state index in [2.05, 4.69) is 50.0 Å². The average molecular weight is 255 g/mol. The summed E-state index contributed by atoms with van der Waals surface area (Å²) in [6.07, 6.45) is 4.00. The fourth-order valence-corrected chi connectivity index (χ4v) is 2.52. The first-order valence-electron chi connectivity index (χ1n) is 7.48. The van der Waals surface area contributed by atoms with Crippen molar-refractivity contribution in [1.82, 2.24) is 15.1 Å². The van der Waals surface area contributed by atoms with Gasteiger partial charge in [-0.25, -0.2) is 0 Å². The Kier molecular flexibility index (Phi) is 6.61. The van der Waals surface area contributed by atoms with Gasteiger partial charge in [0.05, 0.1) is 0 Å². The zero-order valence-corrected chi connectivity index (χ0v) is 13.1. The standard InChI is InChI=1S/C15H33N3/c1-15(2,3)8-9-16-10-12-17(4)13-14-7-6-11-18(14)5/h14,16H,6-13H2,1-5H3. The first-order chi connectivity index (χ1) is 8.38. The molecule has 1 unspecified atom stereocenters. The third-order valence-corrected chi connectivity index (χ3v) is 3.92. The first kappa shape index (κ1) is 15.9. The van der Waals surface area contributed by atoms with Crippen LogP contribution in [-0.2, 0) is 0 Å². The van der Waals surface area contributed by atoms with E-state index >= 15 is 0 Å². The molecule has 1 N–H and O–H groups in total. The fraction of sp³-hybridized carbons (Fsp3) is 1.00. The lowest BCUT2D eigenvalue weighted by atomic mass is 9.92. The van der Waals surface area contributed by atoms with E-state index in [-0.39, 0.29) is 0 Å². The van der Waals surface area contributed by atoms with Gasteiger partial charge in [0.2, 0.25) is 0 Å². The summed E-state index contributed by atoms with van der Waals surface area (Å²) in [5.74, 6) is 0. The summed E-state index contributed by atoms with van der Waals surface area (Å²) in [7, 11) is 4.50. The number of likely N-dealkylation sites (N-methyl/N-ethyl adjacent to an activating group) is 2. The molecule has 1 fully saturated rings. The van der Waals surface area contributed by atoms with Crippen LogP contribution in [0, 0.1) is 5.41 Å². The second kappa shape index (κ2) is 7.46. The predicted molar refractivity (Wildman–Crippen MR) is 80.1 cm³/mol. The zero-order chi connectivity index (χ0) is 13.6. The number of rotatable bonds is 7. The van der Waals surface area contributed by atoms with Gasteiger partial charge in [-0.15, -0.1) is 0 Å². The maximum atomic E-state index is 3.55. The van der Waals surface area contributed by atoms with E-state index in [1.165, 1.54) is 32.4 Å². The lowest BCUT2D eigenvalue weighted by Crippen LogP contribution is -2.39. The Morgan fingerprint density at radius 3 is 2.56 bits per heavy atom. The number of nitrogens with one attached hydrogen (secondary N) is 1. The summed E-state index contributed by atoms with van der Waals surface area (Å²) >= 11 is 0. The summed E-state index contributed by atoms with van der Waals surface area (Å²) in [6.45, 7) is 12.8. The second-order valence-corrected chi connectivity index (χ2v) is 7.10. The van der Waals surface area contributed by atoms with Gasteiger partial charge in [0.15, 0.2) is 0 Å². The lowest BCUT2D eigenvalue weighted by molar-refractivity contribution is 0.219. The molecule has 1 atom stereocenters. The molecule has 0 bridgehead atoms. The van der Waals surface area contributed by atoms with Crippen LogP contribution in [0.25, 0.3) is 0 Å². The van der Waals surface area contributed by atoms with E-state index < -0.39 is 0 Å². The SMILES string of the molecule is CN(CCNCCC(C)(C)C)CC1CCCN1C. The largest absolute Gasteiger partial charge is 0.315 e. The van der Waals surface area contributed by atoms with Crippen molar-refractivity contribution < 1.29 is 0 Å². The summed E-state index contributed by atoms with van der Waals surface area (Å²) < 4.78 is 0. The van der Waals surface area contributed by atoms with Gasteiger partial charge in [-0.1, -0.05) is 20.8 Å². The van der Waals surface area contributed by atoms with E-state index in [0.717, 1.165) is 25.7 Å². The molecule has 0 saturated carbocycles. The number of hydrogen-bond acceptors (Lipinski definition) is 3. The normalized spacial score (nSPS) is 22.0. The van der Waals surface area contributed by atoms with Gasteiger partial charge in [0, 0.05) is 25.7 Å². The van der Waals surface area contributed by atoms with Gasteiger partial charge in [-0.05, 0) is 51.9 Å². The molecule has 1 aliphatic heterocycles. The zero-order valence-electron chi connectivity index (χ0n) is 13.1. The van der Waals surface area contributed by atoms with Crippen molar-refractivity contribution in [3.8, 4) is 0 Å². The van der Waals surface area contributed by atoms with E-state index in [1.54, 1.807) is 0 Å². The molecule has 0 aromatic carbocycles. The highest BCUT2D eigenvalue weighted by Gasteiger charge is 2.21. The van der Waals surface area contributed by atoms with Crippen LogP contribution in [0.1, 0.15) is 40.0 Å². The molecular weight excluding hydrogens is 222 g/mol. The quantitative estimate of drug-likeness (QED) is 0.702. The summed E-state index contributed by atoms with van der Waals surface area (Å²) in [4.78, 5) is 4.97. The van der Waals surface area contributed by atoms with E-state index in [1.807, 2.05) is 0 Å². The Hall–Kier alpha value is -0.120. The van der Waals surface area contributed by atoms with Crippen LogP contribution < -0.4 is 5.32 Å². The number of likely N-dealkylation sites (tertiary alicyclic amines) is 1. The Labute approximate surface area is 114 Å². The molecule has 0 aromatic rings. The van der Waals surface area contributed by atoms with Crippen LogP contribution in [0.2, 0.25) is 0 Å². The van der Waals surface area contributed by atoms with Crippen LogP contribution in [0.4, 0.5) is 0 Å². The van der Waals surface area contributed by atoms with Crippen LogP contribution in [0.3, 0.4) is 0 Å². The minimum atomic E-state index is 0.450. The summed E-state index contributed by atoms with van der Waals surface area (Å²) in [5.41, 5.74) is 0.450. The van der Waals surface area contributed by atoms with Crippen molar-refractivity contribution in [3.63, 3.8) is 0 Å². The number of nitrogens with zero attached hydrogens (tertiary/aromatic N) is 2. The van der Waals surface area contributed by atoms with Crippen molar-refractivity contribution in [2.45, 2.75) is 46.1 Å². The smallest absolute Gasteiger partial charge is 0.0220 e. The van der Waals surface area contributed by atoms with Gasteiger partial charge in [-0.2, -0.15) is 0 Å². The van der Waals surface area contributed by atoms with Gasteiger partial charge < -0.3 is 15.1 Å². The monoisotopic (exact) mass is 255 g/mol. The van der Waals surface area contributed by atoms with Crippen molar-refractivity contribution in [2.24, 2.45) is 5.41 Å². The molecular formula is C15H33N3. The molecule has 3 heteroatoms. The van der Waals surface area contributed by atoms with Gasteiger partial charge in [-0.3, -0.25) is 0 Å². The molecule has 0 aliphatic carbocycles. The fourth-order valence-electron chi connectivity index (χ4n) is 2.52. The Morgan fingerprint density at radius 1 is 1.28 bits per heavy atom. The van der Waals surface area contributed by atoms with E-state index in [0.29, 0.717) is 5.41 Å². The topological polar surface area (TPSA) is 18.5 Å². The Balaban J connectivity index is 2.01. The molecule has 1 heterocycles. The third kappa shape index (κ3) is 6.72. The van der Waals surface area contributed by atoms with E-state index in [9.17, 15) is 0 Å². The highest BCUT2D eigenvalue weighted by molar-refractivity contribution is 4.78. The van der Waals surface area contributed by atoms with Gasteiger partial charge in [0.1, 0.15) is 0 Å². The van der Waals surface area contributed by atoms with Gasteiger partial charge >= 0.3 is 0 Å². The second-order valence-electron chi connectivity index (χ2n) is 7.10. The molecule has 18 heavy (non-hydrogen) atoms. The summed E-state index contributed by atoms with van der Waals surface area (Å²) in [5, 5.41) is 3.55. The Morgan fingerprint density at radius 2 is 2.00 bits per heavy atom. The van der Waals surface area contributed by atoms with Crippen LogP contribution in [-0.4, -0.2) is 62.7 Å². The average Bonchev–Trinajstić information content (AvgIpc) is 2.62. The maximum Gasteiger partial charge on any atom is 0.0220 e. The highest BCUT2D eigenvalue weighted by Crippen LogP contribution is 2.17. The van der Waals surface area contributed by atoms with Crippen LogP contribution >= 0.6 is 0 Å². The van der Waals surface area contributed by atoms with Crippen molar-refractivity contribution in [3.05, 3.63) is 0 Å². The third-order valence-electron chi connectivity index (χ3n) is 3.92. The molecule has 1 rings (SSSR count). The molecule has 108 valence electrons. The van der Waals surface area contributed by atoms with Crippen molar-refractivity contribution in [1.29, 1.82) is 0 Å². The van der Waals surface area contributed by atoms with Gasteiger partial charge in [0.25, 0.3) is 0 Å². The molecule has 3 nitrogen and oxygen atoms in total. The molecule has 0 aromatic heterocycles. The molecule has 0 amide bonds. The predicted octanol–water partition coefficient (Wildman–Crippen LogP) is 2.04. The molecule has 0 spiro atoms. The number of hydrogen-bond donors (Lipinski definition) is 1. The minimum Gasteiger partial charge on any atom is -0.315 e. The molecule has 1 aliphatic rings. The summed E-state index contributed by atoms with van der Waals surface area (Å²) in [6, 6.07) is 0.782. The maximum absolute atomic E-state index is 3.55. The minimum absolute atomic E-state index is 0.450. The molecule has 0 radical (unpaired) electrons. The molecule has 1 saturated heterocycles. The van der Waals surface area contributed by atoms with E-state index in [4.69, 9.17) is 0 Å². The van der Waals surface area contributed by atoms with Crippen molar-refractivity contribution in [2.75, 3.05) is 46.8 Å². The van der Waals surface area contributed by atoms with Crippen LogP contribution in [0.5, 0.6) is 0 Å².